The fourth-order valence-electron chi connectivity index (χ4n) is 0.858. The van der Waals surface area contributed by atoms with Crippen LogP contribution in [0.3, 0.4) is 0 Å². The Morgan fingerprint density at radius 3 is 2.46 bits per heavy atom. The zero-order valence-electron chi connectivity index (χ0n) is 9.26. The van der Waals surface area contributed by atoms with Crippen molar-refractivity contribution in [3.8, 4) is 0 Å². The lowest BCUT2D eigenvalue weighted by atomic mass is 10.1. The van der Waals surface area contributed by atoms with Crippen LogP contribution < -0.4 is 5.32 Å². The van der Waals surface area contributed by atoms with E-state index in [4.69, 9.17) is 4.74 Å². The van der Waals surface area contributed by atoms with E-state index in [1.54, 1.807) is 13.8 Å². The van der Waals surface area contributed by atoms with Gasteiger partial charge in [0.1, 0.15) is 0 Å². The summed E-state index contributed by atoms with van der Waals surface area (Å²) in [5, 5.41) is 12.5. The SMILES string of the molecule is CC(C)COCCNCC(C)(C)O. The summed E-state index contributed by atoms with van der Waals surface area (Å²) in [6, 6.07) is 0. The van der Waals surface area contributed by atoms with Crippen molar-refractivity contribution in [3.63, 3.8) is 0 Å². The minimum atomic E-state index is -0.627. The summed E-state index contributed by atoms with van der Waals surface area (Å²) in [6.07, 6.45) is 0. The van der Waals surface area contributed by atoms with Crippen molar-refractivity contribution in [2.75, 3.05) is 26.3 Å². The second-order valence-electron chi connectivity index (χ2n) is 4.46. The second-order valence-corrected chi connectivity index (χ2v) is 4.46. The molecule has 13 heavy (non-hydrogen) atoms. The van der Waals surface area contributed by atoms with Gasteiger partial charge in [0.25, 0.3) is 0 Å². The van der Waals surface area contributed by atoms with Crippen molar-refractivity contribution in [1.82, 2.24) is 5.32 Å². The van der Waals surface area contributed by atoms with E-state index in [0.29, 0.717) is 19.1 Å². The minimum absolute atomic E-state index is 0.592. The van der Waals surface area contributed by atoms with Crippen LogP contribution in [-0.4, -0.2) is 37.0 Å². The van der Waals surface area contributed by atoms with Crippen LogP contribution in [0, 0.1) is 5.92 Å². The molecule has 0 rings (SSSR count). The van der Waals surface area contributed by atoms with Gasteiger partial charge < -0.3 is 15.2 Å². The van der Waals surface area contributed by atoms with Crippen molar-refractivity contribution in [2.24, 2.45) is 5.92 Å². The van der Waals surface area contributed by atoms with Gasteiger partial charge in [-0.05, 0) is 19.8 Å². The highest BCUT2D eigenvalue weighted by Gasteiger charge is 2.10. The molecule has 0 aromatic carbocycles. The van der Waals surface area contributed by atoms with Gasteiger partial charge in [0.15, 0.2) is 0 Å². The highest BCUT2D eigenvalue weighted by atomic mass is 16.5. The quantitative estimate of drug-likeness (QED) is 0.588. The first kappa shape index (κ1) is 12.9. The van der Waals surface area contributed by atoms with Crippen LogP contribution in [0.4, 0.5) is 0 Å². The highest BCUT2D eigenvalue weighted by molar-refractivity contribution is 4.67. The number of aliphatic hydroxyl groups is 1. The van der Waals surface area contributed by atoms with Crippen LogP contribution in [0.2, 0.25) is 0 Å². The summed E-state index contributed by atoms with van der Waals surface area (Å²) < 4.78 is 5.37. The maximum atomic E-state index is 9.36. The molecule has 0 atom stereocenters. The smallest absolute Gasteiger partial charge is 0.0715 e. The van der Waals surface area contributed by atoms with Gasteiger partial charge in [-0.3, -0.25) is 0 Å². The topological polar surface area (TPSA) is 41.5 Å². The summed E-state index contributed by atoms with van der Waals surface area (Å²) in [7, 11) is 0. The molecular weight excluding hydrogens is 166 g/mol. The average molecular weight is 189 g/mol. The molecule has 3 nitrogen and oxygen atoms in total. The number of rotatable bonds is 7. The molecule has 0 aromatic heterocycles. The van der Waals surface area contributed by atoms with Crippen LogP contribution >= 0.6 is 0 Å². The van der Waals surface area contributed by atoms with Gasteiger partial charge in [0.2, 0.25) is 0 Å². The minimum Gasteiger partial charge on any atom is -0.389 e. The number of ether oxygens (including phenoxy) is 1. The third-order valence-electron chi connectivity index (χ3n) is 1.43. The summed E-state index contributed by atoms with van der Waals surface area (Å²) in [4.78, 5) is 0. The molecule has 0 saturated heterocycles. The van der Waals surface area contributed by atoms with Crippen LogP contribution in [0.15, 0.2) is 0 Å². The molecule has 0 bridgehead atoms. The highest BCUT2D eigenvalue weighted by Crippen LogP contribution is 1.96. The van der Waals surface area contributed by atoms with Crippen LogP contribution in [0.5, 0.6) is 0 Å². The molecule has 0 heterocycles. The Morgan fingerprint density at radius 2 is 2.00 bits per heavy atom. The van der Waals surface area contributed by atoms with Gasteiger partial charge >= 0.3 is 0 Å². The van der Waals surface area contributed by atoms with Crippen molar-refractivity contribution >= 4 is 0 Å². The Morgan fingerprint density at radius 1 is 1.38 bits per heavy atom. The molecule has 0 aromatic rings. The van der Waals surface area contributed by atoms with E-state index in [0.717, 1.165) is 13.2 Å². The molecule has 80 valence electrons. The van der Waals surface area contributed by atoms with Crippen molar-refractivity contribution < 1.29 is 9.84 Å². The van der Waals surface area contributed by atoms with Crippen LogP contribution in [0.25, 0.3) is 0 Å². The normalized spacial score (nSPS) is 12.5. The molecule has 2 N–H and O–H groups in total. The Hall–Kier alpha value is -0.120. The largest absolute Gasteiger partial charge is 0.389 e. The van der Waals surface area contributed by atoms with Gasteiger partial charge in [-0.1, -0.05) is 13.8 Å². The number of nitrogens with one attached hydrogen (secondary N) is 1. The third kappa shape index (κ3) is 11.9. The van der Waals surface area contributed by atoms with Crippen LogP contribution in [0.1, 0.15) is 27.7 Å². The lowest BCUT2D eigenvalue weighted by Crippen LogP contribution is -2.36. The monoisotopic (exact) mass is 189 g/mol. The van der Waals surface area contributed by atoms with Crippen LogP contribution in [-0.2, 0) is 4.74 Å². The second kappa shape index (κ2) is 6.35. The molecule has 0 aliphatic rings. The Bertz CT molecular complexity index is 119. The summed E-state index contributed by atoms with van der Waals surface area (Å²) in [5.74, 6) is 0.592. The summed E-state index contributed by atoms with van der Waals surface area (Å²) >= 11 is 0. The Labute approximate surface area is 81.5 Å². The molecule has 0 fully saturated rings. The summed E-state index contributed by atoms with van der Waals surface area (Å²) in [5.41, 5.74) is -0.627. The van der Waals surface area contributed by atoms with Crippen molar-refractivity contribution in [1.29, 1.82) is 0 Å². The maximum absolute atomic E-state index is 9.36. The fraction of sp³-hybridized carbons (Fsp3) is 1.00. The fourth-order valence-corrected chi connectivity index (χ4v) is 0.858. The molecule has 0 aliphatic carbocycles. The first-order valence-electron chi connectivity index (χ1n) is 4.92. The molecule has 0 unspecified atom stereocenters. The molecule has 0 radical (unpaired) electrons. The zero-order chi connectivity index (χ0) is 10.3. The van der Waals surface area contributed by atoms with Gasteiger partial charge in [0.05, 0.1) is 12.2 Å². The van der Waals surface area contributed by atoms with E-state index in [-0.39, 0.29) is 0 Å². The zero-order valence-corrected chi connectivity index (χ0v) is 9.26. The molecular formula is C10H23NO2. The van der Waals surface area contributed by atoms with Crippen molar-refractivity contribution in [3.05, 3.63) is 0 Å². The van der Waals surface area contributed by atoms with Gasteiger partial charge in [-0.25, -0.2) is 0 Å². The lowest BCUT2D eigenvalue weighted by Gasteiger charge is -2.17. The predicted octanol–water partition coefficient (Wildman–Crippen LogP) is 1.02. The number of hydrogen-bond donors (Lipinski definition) is 2. The first-order chi connectivity index (χ1) is 5.92. The van der Waals surface area contributed by atoms with Gasteiger partial charge in [-0.2, -0.15) is 0 Å². The number of hydrogen-bond acceptors (Lipinski definition) is 3. The van der Waals surface area contributed by atoms with E-state index >= 15 is 0 Å². The summed E-state index contributed by atoms with van der Waals surface area (Å²) in [6.45, 7) is 10.8. The van der Waals surface area contributed by atoms with Gasteiger partial charge in [-0.15, -0.1) is 0 Å². The van der Waals surface area contributed by atoms with E-state index in [1.807, 2.05) is 0 Å². The molecule has 3 heteroatoms. The first-order valence-corrected chi connectivity index (χ1v) is 4.92. The van der Waals surface area contributed by atoms with Crippen molar-refractivity contribution in [2.45, 2.75) is 33.3 Å². The van der Waals surface area contributed by atoms with E-state index in [2.05, 4.69) is 19.2 Å². The van der Waals surface area contributed by atoms with Gasteiger partial charge in [0, 0.05) is 19.7 Å². The third-order valence-corrected chi connectivity index (χ3v) is 1.43. The standard InChI is InChI=1S/C10H23NO2/c1-9(2)7-13-6-5-11-8-10(3,4)12/h9,11-12H,5-8H2,1-4H3. The van der Waals surface area contributed by atoms with E-state index in [1.165, 1.54) is 0 Å². The Kier molecular flexibility index (Phi) is 6.29. The molecule has 0 spiro atoms. The Balaban J connectivity index is 3.09. The molecule has 0 aliphatic heterocycles. The van der Waals surface area contributed by atoms with E-state index < -0.39 is 5.60 Å². The molecule has 0 saturated carbocycles. The molecule has 0 amide bonds. The predicted molar refractivity (Wildman–Crippen MR) is 54.8 cm³/mol. The average Bonchev–Trinajstić information content (AvgIpc) is 1.93. The lowest BCUT2D eigenvalue weighted by molar-refractivity contribution is 0.0717. The maximum Gasteiger partial charge on any atom is 0.0715 e. The van der Waals surface area contributed by atoms with E-state index in [9.17, 15) is 5.11 Å².